The van der Waals surface area contributed by atoms with Gasteiger partial charge in [-0.25, -0.2) is 0 Å². The first-order valence-corrected chi connectivity index (χ1v) is 9.84. The number of halogens is 1. The Kier molecular flexibility index (Phi) is 8.32. The van der Waals surface area contributed by atoms with Crippen molar-refractivity contribution in [3.05, 3.63) is 0 Å². The largest absolute Gasteiger partial charge is 0.375 e. The number of carbonyl (C=O) groups is 1. The van der Waals surface area contributed by atoms with E-state index in [4.69, 9.17) is 4.74 Å². The minimum Gasteiger partial charge on any atom is -0.375 e. The number of nitrogens with zero attached hydrogens (tertiary/aromatic N) is 1. The van der Waals surface area contributed by atoms with Crippen molar-refractivity contribution in [2.75, 3.05) is 26.2 Å². The first-order chi connectivity index (χ1) is 11.2. The third-order valence-corrected chi connectivity index (χ3v) is 6.07. The maximum absolute atomic E-state index is 12.4. The molecule has 3 rings (SSSR count). The zero-order chi connectivity index (χ0) is 16.1. The van der Waals surface area contributed by atoms with Gasteiger partial charge < -0.3 is 15.0 Å². The summed E-state index contributed by atoms with van der Waals surface area (Å²) in [6.45, 7) is 6.37. The average Bonchev–Trinajstić information content (AvgIpc) is 3.09. The zero-order valence-electron chi connectivity index (χ0n) is 15.2. The normalized spacial score (nSPS) is 31.7. The molecular weight excluding hydrogens is 324 g/mol. The van der Waals surface area contributed by atoms with Gasteiger partial charge in [0.15, 0.2) is 0 Å². The smallest absolute Gasteiger partial charge is 0.222 e. The topological polar surface area (TPSA) is 41.6 Å². The molecule has 1 amide bonds. The highest BCUT2D eigenvalue weighted by Gasteiger charge is 2.27. The fourth-order valence-electron chi connectivity index (χ4n) is 4.33. The van der Waals surface area contributed by atoms with E-state index >= 15 is 0 Å². The molecule has 0 aromatic heterocycles. The van der Waals surface area contributed by atoms with E-state index in [2.05, 4.69) is 17.1 Å². The van der Waals surface area contributed by atoms with Crippen LogP contribution in [-0.4, -0.2) is 49.2 Å². The Labute approximate surface area is 153 Å². The van der Waals surface area contributed by atoms with Gasteiger partial charge in [-0.05, 0) is 76.3 Å². The lowest BCUT2D eigenvalue weighted by atomic mass is 9.88. The number of carbonyl (C=O) groups excluding carboxylic acids is 1. The van der Waals surface area contributed by atoms with Crippen molar-refractivity contribution in [3.8, 4) is 0 Å². The van der Waals surface area contributed by atoms with Gasteiger partial charge in [-0.2, -0.15) is 0 Å². The summed E-state index contributed by atoms with van der Waals surface area (Å²) < 4.78 is 6.30. The van der Waals surface area contributed by atoms with Crippen molar-refractivity contribution >= 4 is 18.3 Å². The summed E-state index contributed by atoms with van der Waals surface area (Å²) >= 11 is 0. The van der Waals surface area contributed by atoms with Crippen LogP contribution in [0.1, 0.15) is 64.7 Å². The Bertz CT molecular complexity index is 372. The van der Waals surface area contributed by atoms with E-state index in [0.717, 1.165) is 57.8 Å². The van der Waals surface area contributed by atoms with Crippen molar-refractivity contribution in [2.45, 2.75) is 76.9 Å². The fraction of sp³-hybridized carbons (Fsp3) is 0.947. The third kappa shape index (κ3) is 5.89. The minimum absolute atomic E-state index is 0. The number of nitrogens with one attached hydrogen (secondary N) is 1. The lowest BCUT2D eigenvalue weighted by molar-refractivity contribution is -0.135. The van der Waals surface area contributed by atoms with Gasteiger partial charge in [0, 0.05) is 19.5 Å². The van der Waals surface area contributed by atoms with Gasteiger partial charge in [0.1, 0.15) is 0 Å². The molecule has 0 radical (unpaired) electrons. The number of rotatable bonds is 5. The van der Waals surface area contributed by atoms with Gasteiger partial charge >= 0.3 is 0 Å². The van der Waals surface area contributed by atoms with Gasteiger partial charge in [-0.15, -0.1) is 12.4 Å². The van der Waals surface area contributed by atoms with E-state index in [1.807, 2.05) is 0 Å². The van der Waals surface area contributed by atoms with E-state index in [1.54, 1.807) is 0 Å². The molecule has 0 bridgehead atoms. The van der Waals surface area contributed by atoms with Gasteiger partial charge in [0.05, 0.1) is 12.2 Å². The van der Waals surface area contributed by atoms with Crippen molar-refractivity contribution in [1.29, 1.82) is 0 Å². The molecule has 0 spiro atoms. The predicted molar refractivity (Wildman–Crippen MR) is 99.6 cm³/mol. The van der Waals surface area contributed by atoms with Crippen molar-refractivity contribution < 1.29 is 9.53 Å². The Morgan fingerprint density at radius 1 is 1.04 bits per heavy atom. The second-order valence-corrected chi connectivity index (χ2v) is 8.00. The maximum Gasteiger partial charge on any atom is 0.222 e. The van der Waals surface area contributed by atoms with Crippen LogP contribution in [0, 0.1) is 11.8 Å². The van der Waals surface area contributed by atoms with Gasteiger partial charge in [-0.3, -0.25) is 4.79 Å². The second-order valence-electron chi connectivity index (χ2n) is 8.00. The molecule has 2 heterocycles. The summed E-state index contributed by atoms with van der Waals surface area (Å²) in [5, 5.41) is 3.38. The molecule has 5 heteroatoms. The molecule has 140 valence electrons. The summed E-state index contributed by atoms with van der Waals surface area (Å²) in [4.78, 5) is 14.4. The van der Waals surface area contributed by atoms with E-state index in [9.17, 15) is 4.79 Å². The molecule has 1 atom stereocenters. The summed E-state index contributed by atoms with van der Waals surface area (Å²) in [5.74, 6) is 1.96. The van der Waals surface area contributed by atoms with Crippen LogP contribution >= 0.6 is 12.4 Å². The highest BCUT2D eigenvalue weighted by atomic mass is 35.5. The summed E-state index contributed by atoms with van der Waals surface area (Å²) in [6, 6.07) is 0. The number of piperidine rings is 1. The molecule has 1 aliphatic carbocycles. The quantitative estimate of drug-likeness (QED) is 0.819. The van der Waals surface area contributed by atoms with E-state index in [-0.39, 0.29) is 12.4 Å². The van der Waals surface area contributed by atoms with Crippen LogP contribution in [0.5, 0.6) is 0 Å². The molecule has 1 saturated carbocycles. The molecule has 0 aromatic carbocycles. The van der Waals surface area contributed by atoms with Crippen LogP contribution in [0.3, 0.4) is 0 Å². The lowest BCUT2D eigenvalue weighted by Gasteiger charge is -2.36. The second kappa shape index (κ2) is 9.98. The number of ether oxygens (including phenoxy) is 1. The molecule has 4 nitrogen and oxygen atoms in total. The van der Waals surface area contributed by atoms with E-state index in [0.29, 0.717) is 24.0 Å². The maximum atomic E-state index is 12.4. The molecule has 3 aliphatic rings. The van der Waals surface area contributed by atoms with Crippen molar-refractivity contribution in [1.82, 2.24) is 10.2 Å². The number of amides is 1. The summed E-state index contributed by atoms with van der Waals surface area (Å²) in [7, 11) is 0. The monoisotopic (exact) mass is 358 g/mol. The Morgan fingerprint density at radius 2 is 1.71 bits per heavy atom. The van der Waals surface area contributed by atoms with Crippen LogP contribution in [0.25, 0.3) is 0 Å². The minimum atomic E-state index is 0. The van der Waals surface area contributed by atoms with Crippen LogP contribution in [0.4, 0.5) is 0 Å². The SMILES string of the molecule is CC1CCC(OC2CCN(C(=O)CCC3CCNC3)CC2)CC1.Cl. The molecule has 1 unspecified atom stereocenters. The zero-order valence-corrected chi connectivity index (χ0v) is 16.0. The molecule has 2 aliphatic heterocycles. The van der Waals surface area contributed by atoms with Crippen molar-refractivity contribution in [3.63, 3.8) is 0 Å². The highest BCUT2D eigenvalue weighted by Crippen LogP contribution is 2.28. The molecule has 1 N–H and O–H groups in total. The van der Waals surface area contributed by atoms with Crippen LogP contribution in [0.15, 0.2) is 0 Å². The molecule has 2 saturated heterocycles. The summed E-state index contributed by atoms with van der Waals surface area (Å²) in [6.07, 6.45) is 11.1. The lowest BCUT2D eigenvalue weighted by Crippen LogP contribution is -2.42. The molecular formula is C19H35ClN2O2. The van der Waals surface area contributed by atoms with E-state index < -0.39 is 0 Å². The van der Waals surface area contributed by atoms with Crippen molar-refractivity contribution in [2.24, 2.45) is 11.8 Å². The predicted octanol–water partition coefficient (Wildman–Crippen LogP) is 3.38. The Hall–Kier alpha value is -0.320. The first kappa shape index (κ1) is 20.0. The number of hydrogen-bond donors (Lipinski definition) is 1. The molecule has 0 aromatic rings. The average molecular weight is 359 g/mol. The first-order valence-electron chi connectivity index (χ1n) is 9.84. The Balaban J connectivity index is 0.00000208. The molecule has 3 fully saturated rings. The van der Waals surface area contributed by atoms with Gasteiger partial charge in [-0.1, -0.05) is 6.92 Å². The van der Waals surface area contributed by atoms with Gasteiger partial charge in [0.25, 0.3) is 0 Å². The van der Waals surface area contributed by atoms with Crippen LogP contribution in [-0.2, 0) is 9.53 Å². The Morgan fingerprint density at radius 3 is 2.33 bits per heavy atom. The van der Waals surface area contributed by atoms with Gasteiger partial charge in [0.2, 0.25) is 5.91 Å². The standard InChI is InChI=1S/C19H34N2O2.ClH/c1-15-2-5-17(6-3-15)23-18-9-12-21(13-10-18)19(22)7-4-16-8-11-20-14-16;/h15-18,20H,2-14H2,1H3;1H. The number of likely N-dealkylation sites (tertiary alicyclic amines) is 1. The fourth-order valence-corrected chi connectivity index (χ4v) is 4.33. The van der Waals surface area contributed by atoms with E-state index in [1.165, 1.54) is 32.1 Å². The van der Waals surface area contributed by atoms with Crippen LogP contribution in [0.2, 0.25) is 0 Å². The molecule has 24 heavy (non-hydrogen) atoms. The van der Waals surface area contributed by atoms with Crippen LogP contribution < -0.4 is 5.32 Å². The number of hydrogen-bond acceptors (Lipinski definition) is 3. The third-order valence-electron chi connectivity index (χ3n) is 6.07. The summed E-state index contributed by atoms with van der Waals surface area (Å²) in [5.41, 5.74) is 0. The highest BCUT2D eigenvalue weighted by molar-refractivity contribution is 5.85.